The summed E-state index contributed by atoms with van der Waals surface area (Å²) in [5, 5.41) is 2.04. The van der Waals surface area contributed by atoms with Crippen LogP contribution < -0.4 is 5.73 Å². The molecule has 0 unspecified atom stereocenters. The molecule has 0 atom stereocenters. The highest BCUT2D eigenvalue weighted by Crippen LogP contribution is 2.09. The van der Waals surface area contributed by atoms with E-state index in [2.05, 4.69) is 0 Å². The smallest absolute Gasteiger partial charge is 0.0372 e. The molecule has 0 bridgehead atoms. The Morgan fingerprint density at radius 2 is 2.57 bits per heavy atom. The summed E-state index contributed by atoms with van der Waals surface area (Å²) in [6.45, 7) is 0. The molecule has 1 nitrogen and oxygen atoms in total. The van der Waals surface area contributed by atoms with Gasteiger partial charge in [-0.2, -0.15) is 0 Å². The highest BCUT2D eigenvalue weighted by Gasteiger charge is 1.89. The number of hydrogen-bond acceptors (Lipinski definition) is 2. The Bertz CT molecular complexity index is 115. The lowest BCUT2D eigenvalue weighted by Crippen LogP contribution is -1.99. The number of thioether (sulfide) groups is 1. The van der Waals surface area contributed by atoms with Crippen molar-refractivity contribution in [1.29, 1.82) is 0 Å². The molecule has 38 valence electrons. The van der Waals surface area contributed by atoms with Crippen LogP contribution in [0.3, 0.4) is 0 Å². The van der Waals surface area contributed by atoms with Gasteiger partial charge in [-0.15, -0.1) is 11.8 Å². The fraction of sp³-hybridized carbons (Fsp3) is 0.200. The van der Waals surface area contributed by atoms with Crippen LogP contribution in [0.2, 0.25) is 0 Å². The molecular formula is C5H7NS. The van der Waals surface area contributed by atoms with Crippen LogP contribution in [-0.2, 0) is 0 Å². The van der Waals surface area contributed by atoms with E-state index in [1.54, 1.807) is 11.8 Å². The van der Waals surface area contributed by atoms with Crippen molar-refractivity contribution < 1.29 is 0 Å². The van der Waals surface area contributed by atoms with Crippen LogP contribution >= 0.6 is 11.8 Å². The van der Waals surface area contributed by atoms with Gasteiger partial charge < -0.3 is 5.73 Å². The van der Waals surface area contributed by atoms with Gasteiger partial charge >= 0.3 is 0 Å². The molecule has 1 aliphatic rings. The molecule has 0 radical (unpaired) electrons. The minimum absolute atomic E-state index is 0.955. The van der Waals surface area contributed by atoms with Gasteiger partial charge in [0.1, 0.15) is 0 Å². The van der Waals surface area contributed by atoms with E-state index in [1.807, 2.05) is 17.6 Å². The van der Waals surface area contributed by atoms with Gasteiger partial charge in [-0.05, 0) is 11.5 Å². The molecule has 0 aliphatic carbocycles. The summed E-state index contributed by atoms with van der Waals surface area (Å²) in [5.74, 6) is 0.955. The lowest BCUT2D eigenvalue weighted by Gasteiger charge is -1.98. The van der Waals surface area contributed by atoms with Crippen LogP contribution in [0, 0.1) is 0 Å². The first kappa shape index (κ1) is 4.78. The van der Waals surface area contributed by atoms with Gasteiger partial charge in [0.05, 0.1) is 0 Å². The third kappa shape index (κ3) is 1.27. The molecule has 1 rings (SSSR count). The van der Waals surface area contributed by atoms with Crippen molar-refractivity contribution in [1.82, 2.24) is 0 Å². The first-order chi connectivity index (χ1) is 3.39. The van der Waals surface area contributed by atoms with Crippen LogP contribution in [-0.4, -0.2) is 5.75 Å². The zero-order valence-electron chi connectivity index (χ0n) is 3.92. The largest absolute Gasteiger partial charge is 0.401 e. The standard InChI is InChI=1S/C5H7NS/c6-5-2-1-3-7-4-5/h1-3H,4,6H2. The summed E-state index contributed by atoms with van der Waals surface area (Å²) in [6.07, 6.45) is 3.89. The maximum atomic E-state index is 5.42. The van der Waals surface area contributed by atoms with E-state index in [0.717, 1.165) is 11.4 Å². The first-order valence-corrected chi connectivity index (χ1v) is 3.17. The lowest BCUT2D eigenvalue weighted by molar-refractivity contribution is 1.33. The van der Waals surface area contributed by atoms with Gasteiger partial charge in [0.2, 0.25) is 0 Å². The Kier molecular flexibility index (Phi) is 1.42. The average molecular weight is 113 g/mol. The molecule has 0 spiro atoms. The second kappa shape index (κ2) is 2.07. The molecule has 0 aromatic carbocycles. The SMILES string of the molecule is NC1=CC=CSC1. The third-order valence-electron chi connectivity index (χ3n) is 0.735. The van der Waals surface area contributed by atoms with Gasteiger partial charge in [-0.25, -0.2) is 0 Å². The van der Waals surface area contributed by atoms with E-state index < -0.39 is 0 Å². The fourth-order valence-electron chi connectivity index (χ4n) is 0.411. The average Bonchev–Trinajstić information content (AvgIpc) is 1.69. The minimum Gasteiger partial charge on any atom is -0.401 e. The van der Waals surface area contributed by atoms with Crippen molar-refractivity contribution >= 4 is 11.8 Å². The predicted molar refractivity (Wildman–Crippen MR) is 33.9 cm³/mol. The molecule has 0 fully saturated rings. The summed E-state index contributed by atoms with van der Waals surface area (Å²) in [5.41, 5.74) is 6.39. The molecule has 0 aromatic heterocycles. The van der Waals surface area contributed by atoms with Crippen molar-refractivity contribution in [2.75, 3.05) is 5.75 Å². The fourth-order valence-corrected chi connectivity index (χ4v) is 0.985. The van der Waals surface area contributed by atoms with Gasteiger partial charge in [0.25, 0.3) is 0 Å². The Labute approximate surface area is 47.3 Å². The zero-order valence-corrected chi connectivity index (χ0v) is 4.74. The zero-order chi connectivity index (χ0) is 5.11. The van der Waals surface area contributed by atoms with Crippen molar-refractivity contribution in [3.63, 3.8) is 0 Å². The minimum atomic E-state index is 0.955. The molecule has 0 saturated carbocycles. The Morgan fingerprint density at radius 1 is 1.71 bits per heavy atom. The highest BCUT2D eigenvalue weighted by molar-refractivity contribution is 8.02. The predicted octanol–water partition coefficient (Wildman–Crippen LogP) is 1.09. The van der Waals surface area contributed by atoms with Crippen LogP contribution in [0.15, 0.2) is 23.3 Å². The summed E-state index contributed by atoms with van der Waals surface area (Å²) in [4.78, 5) is 0. The van der Waals surface area contributed by atoms with Crippen LogP contribution in [0.4, 0.5) is 0 Å². The van der Waals surface area contributed by atoms with Gasteiger partial charge in [0.15, 0.2) is 0 Å². The second-order valence-corrected chi connectivity index (χ2v) is 2.28. The summed E-state index contributed by atoms with van der Waals surface area (Å²) in [6, 6.07) is 0. The molecule has 2 N–H and O–H groups in total. The van der Waals surface area contributed by atoms with Crippen LogP contribution in [0.1, 0.15) is 0 Å². The number of rotatable bonds is 0. The van der Waals surface area contributed by atoms with E-state index in [0.29, 0.717) is 0 Å². The van der Waals surface area contributed by atoms with Crippen molar-refractivity contribution in [3.8, 4) is 0 Å². The van der Waals surface area contributed by atoms with Crippen molar-refractivity contribution in [3.05, 3.63) is 23.3 Å². The summed E-state index contributed by atoms with van der Waals surface area (Å²) < 4.78 is 0. The molecule has 0 saturated heterocycles. The number of allylic oxidation sites excluding steroid dienone is 2. The number of hydrogen-bond donors (Lipinski definition) is 1. The van der Waals surface area contributed by atoms with Gasteiger partial charge in [-0.1, -0.05) is 6.08 Å². The van der Waals surface area contributed by atoms with Crippen LogP contribution in [0.25, 0.3) is 0 Å². The van der Waals surface area contributed by atoms with Gasteiger partial charge in [0, 0.05) is 11.4 Å². The van der Waals surface area contributed by atoms with Crippen molar-refractivity contribution in [2.45, 2.75) is 0 Å². The maximum Gasteiger partial charge on any atom is 0.0372 e. The quantitative estimate of drug-likeness (QED) is 0.509. The molecule has 7 heavy (non-hydrogen) atoms. The van der Waals surface area contributed by atoms with E-state index in [9.17, 15) is 0 Å². The second-order valence-electron chi connectivity index (χ2n) is 1.38. The number of nitrogens with two attached hydrogens (primary N) is 1. The van der Waals surface area contributed by atoms with E-state index in [-0.39, 0.29) is 0 Å². The molecule has 1 aliphatic heterocycles. The topological polar surface area (TPSA) is 26.0 Å². The van der Waals surface area contributed by atoms with Crippen LogP contribution in [0.5, 0.6) is 0 Å². The monoisotopic (exact) mass is 113 g/mol. The van der Waals surface area contributed by atoms with E-state index in [1.165, 1.54) is 0 Å². The molecule has 1 heterocycles. The lowest BCUT2D eigenvalue weighted by atomic mass is 10.4. The Balaban J connectivity index is 2.57. The molecule has 2 heteroatoms. The third-order valence-corrected chi connectivity index (χ3v) is 1.58. The summed E-state index contributed by atoms with van der Waals surface area (Å²) >= 11 is 1.73. The molecular weight excluding hydrogens is 106 g/mol. The van der Waals surface area contributed by atoms with Gasteiger partial charge in [-0.3, -0.25) is 0 Å². The van der Waals surface area contributed by atoms with Crippen molar-refractivity contribution in [2.24, 2.45) is 5.73 Å². The normalized spacial score (nSPS) is 19.1. The Hall–Kier alpha value is -0.370. The van der Waals surface area contributed by atoms with E-state index >= 15 is 0 Å². The first-order valence-electron chi connectivity index (χ1n) is 2.12. The highest BCUT2D eigenvalue weighted by atomic mass is 32.2. The summed E-state index contributed by atoms with van der Waals surface area (Å²) in [7, 11) is 0. The molecule has 0 aromatic rings. The van der Waals surface area contributed by atoms with E-state index in [4.69, 9.17) is 5.73 Å². The molecule has 0 amide bonds. The maximum absolute atomic E-state index is 5.42. The Morgan fingerprint density at radius 3 is 2.86 bits per heavy atom.